The molecule has 0 aliphatic carbocycles. The fourth-order valence-electron chi connectivity index (χ4n) is 3.13. The molecule has 0 radical (unpaired) electrons. The molecule has 2 aromatic carbocycles. The molecule has 0 saturated carbocycles. The molecule has 2 aromatic rings. The Morgan fingerprint density at radius 2 is 1.80 bits per heavy atom. The van der Waals surface area contributed by atoms with E-state index >= 15 is 0 Å². The summed E-state index contributed by atoms with van der Waals surface area (Å²) in [6, 6.07) is 10.1. The lowest BCUT2D eigenvalue weighted by Gasteiger charge is -2.28. The molecule has 1 heterocycles. The standard InChI is InChI=1S/C20H22BrNO3/c1-4-24-18-9-15-14(13-7-6-12(3)16(21)8-13)10-20(23)22-17(15)11-19(18)25-5-2/h6-9,11,14H,4-5,10H2,1-3H3,(H,22,23). The van der Waals surface area contributed by atoms with Crippen molar-refractivity contribution in [2.75, 3.05) is 18.5 Å². The zero-order chi connectivity index (χ0) is 18.0. The summed E-state index contributed by atoms with van der Waals surface area (Å²) in [5.41, 5.74) is 4.14. The highest BCUT2D eigenvalue weighted by molar-refractivity contribution is 9.10. The maximum absolute atomic E-state index is 12.2. The highest BCUT2D eigenvalue weighted by Gasteiger charge is 2.28. The van der Waals surface area contributed by atoms with Gasteiger partial charge in [0, 0.05) is 28.6 Å². The van der Waals surface area contributed by atoms with Crippen LogP contribution in [0.1, 0.15) is 42.9 Å². The SMILES string of the molecule is CCOc1cc2c(cc1OCC)C(c1ccc(C)c(Br)c1)CC(=O)N2. The number of rotatable bonds is 5. The van der Waals surface area contributed by atoms with Crippen LogP contribution in [0.15, 0.2) is 34.8 Å². The van der Waals surface area contributed by atoms with E-state index in [1.807, 2.05) is 26.0 Å². The Bertz CT molecular complexity index is 804. The third-order valence-corrected chi connectivity index (χ3v) is 5.21. The second-order valence-corrected chi connectivity index (χ2v) is 6.92. The normalized spacial score (nSPS) is 16.2. The number of benzene rings is 2. The van der Waals surface area contributed by atoms with Crippen molar-refractivity contribution in [3.63, 3.8) is 0 Å². The van der Waals surface area contributed by atoms with Gasteiger partial charge in [0.2, 0.25) is 5.91 Å². The van der Waals surface area contributed by atoms with E-state index in [4.69, 9.17) is 9.47 Å². The summed E-state index contributed by atoms with van der Waals surface area (Å²) in [4.78, 5) is 12.2. The molecule has 1 amide bonds. The monoisotopic (exact) mass is 403 g/mol. The van der Waals surface area contributed by atoms with E-state index in [1.54, 1.807) is 0 Å². The van der Waals surface area contributed by atoms with Crippen LogP contribution in [-0.2, 0) is 4.79 Å². The Labute approximate surface area is 156 Å². The van der Waals surface area contributed by atoms with Gasteiger partial charge in [-0.1, -0.05) is 28.1 Å². The Balaban J connectivity index is 2.10. The second kappa shape index (κ2) is 7.48. The predicted octanol–water partition coefficient (Wildman–Crippen LogP) is 5.03. The molecule has 0 fully saturated rings. The Morgan fingerprint density at radius 3 is 2.44 bits per heavy atom. The molecule has 0 spiro atoms. The molecule has 3 rings (SSSR count). The summed E-state index contributed by atoms with van der Waals surface area (Å²) < 4.78 is 12.5. The van der Waals surface area contributed by atoms with E-state index in [2.05, 4.69) is 46.4 Å². The molecule has 1 aliphatic heterocycles. The first kappa shape index (κ1) is 17.8. The Morgan fingerprint density at radius 1 is 1.12 bits per heavy atom. The smallest absolute Gasteiger partial charge is 0.225 e. The highest BCUT2D eigenvalue weighted by Crippen LogP contribution is 2.43. The highest BCUT2D eigenvalue weighted by atomic mass is 79.9. The number of hydrogen-bond acceptors (Lipinski definition) is 3. The van der Waals surface area contributed by atoms with Crippen molar-refractivity contribution >= 4 is 27.5 Å². The van der Waals surface area contributed by atoms with Gasteiger partial charge in [0.15, 0.2) is 11.5 Å². The van der Waals surface area contributed by atoms with E-state index in [-0.39, 0.29) is 11.8 Å². The maximum Gasteiger partial charge on any atom is 0.225 e. The van der Waals surface area contributed by atoms with Gasteiger partial charge in [-0.15, -0.1) is 0 Å². The number of carbonyl (C=O) groups excluding carboxylic acids is 1. The minimum atomic E-state index is -0.00414. The van der Waals surface area contributed by atoms with E-state index in [0.717, 1.165) is 27.0 Å². The Kier molecular flexibility index (Phi) is 5.33. The lowest BCUT2D eigenvalue weighted by molar-refractivity contribution is -0.116. The molecule has 0 bridgehead atoms. The summed E-state index contributed by atoms with van der Waals surface area (Å²) in [6.07, 6.45) is 0.419. The van der Waals surface area contributed by atoms with Gasteiger partial charge in [-0.25, -0.2) is 0 Å². The molecule has 132 valence electrons. The van der Waals surface area contributed by atoms with Crippen LogP contribution in [-0.4, -0.2) is 19.1 Å². The summed E-state index contributed by atoms with van der Waals surface area (Å²) in [5, 5.41) is 2.97. The first-order valence-corrected chi connectivity index (χ1v) is 9.32. The van der Waals surface area contributed by atoms with Crippen LogP contribution in [0.3, 0.4) is 0 Å². The number of anilines is 1. The van der Waals surface area contributed by atoms with Gasteiger partial charge in [-0.05, 0) is 49.6 Å². The van der Waals surface area contributed by atoms with Crippen molar-refractivity contribution in [3.8, 4) is 11.5 Å². The summed E-state index contributed by atoms with van der Waals surface area (Å²) in [7, 11) is 0. The van der Waals surface area contributed by atoms with E-state index in [1.165, 1.54) is 5.56 Å². The number of amides is 1. The number of carbonyl (C=O) groups is 1. The minimum absolute atomic E-state index is 0.00414. The zero-order valence-corrected chi connectivity index (χ0v) is 16.3. The molecule has 5 heteroatoms. The number of aryl methyl sites for hydroxylation is 1. The van der Waals surface area contributed by atoms with Gasteiger partial charge in [-0.3, -0.25) is 4.79 Å². The third kappa shape index (κ3) is 3.66. The van der Waals surface area contributed by atoms with Gasteiger partial charge < -0.3 is 14.8 Å². The average molecular weight is 404 g/mol. The van der Waals surface area contributed by atoms with Gasteiger partial charge in [-0.2, -0.15) is 0 Å². The quantitative estimate of drug-likeness (QED) is 0.761. The fourth-order valence-corrected chi connectivity index (χ4v) is 3.53. The van der Waals surface area contributed by atoms with Gasteiger partial charge >= 0.3 is 0 Å². The van der Waals surface area contributed by atoms with Gasteiger partial charge in [0.25, 0.3) is 0 Å². The van der Waals surface area contributed by atoms with Crippen LogP contribution in [0.2, 0.25) is 0 Å². The summed E-state index contributed by atoms with van der Waals surface area (Å²) >= 11 is 3.59. The molecule has 1 atom stereocenters. The minimum Gasteiger partial charge on any atom is -0.490 e. The van der Waals surface area contributed by atoms with E-state index in [0.29, 0.717) is 25.4 Å². The van der Waals surface area contributed by atoms with Crippen LogP contribution in [0.4, 0.5) is 5.69 Å². The van der Waals surface area contributed by atoms with Crippen molar-refractivity contribution in [1.82, 2.24) is 0 Å². The number of nitrogens with one attached hydrogen (secondary N) is 1. The number of fused-ring (bicyclic) bond motifs is 1. The van der Waals surface area contributed by atoms with E-state index < -0.39 is 0 Å². The zero-order valence-electron chi connectivity index (χ0n) is 14.7. The molecule has 4 nitrogen and oxygen atoms in total. The number of hydrogen-bond donors (Lipinski definition) is 1. The summed E-state index contributed by atoms with van der Waals surface area (Å²) in [6.45, 7) is 7.04. The lowest BCUT2D eigenvalue weighted by atomic mass is 9.84. The average Bonchev–Trinajstić information content (AvgIpc) is 2.58. The van der Waals surface area contributed by atoms with Crippen LogP contribution in [0.5, 0.6) is 11.5 Å². The van der Waals surface area contributed by atoms with Crippen LogP contribution < -0.4 is 14.8 Å². The first-order valence-electron chi connectivity index (χ1n) is 8.52. The van der Waals surface area contributed by atoms with E-state index in [9.17, 15) is 4.79 Å². The predicted molar refractivity (Wildman–Crippen MR) is 103 cm³/mol. The van der Waals surface area contributed by atoms with Crippen molar-refractivity contribution < 1.29 is 14.3 Å². The topological polar surface area (TPSA) is 47.6 Å². The fraction of sp³-hybridized carbons (Fsp3) is 0.350. The van der Waals surface area contributed by atoms with Crippen molar-refractivity contribution in [3.05, 3.63) is 51.5 Å². The number of ether oxygens (including phenoxy) is 2. The van der Waals surface area contributed by atoms with Crippen molar-refractivity contribution in [2.24, 2.45) is 0 Å². The van der Waals surface area contributed by atoms with Crippen LogP contribution in [0, 0.1) is 6.92 Å². The first-order chi connectivity index (χ1) is 12.0. The number of halogens is 1. The molecule has 1 unspecified atom stereocenters. The molecular weight excluding hydrogens is 382 g/mol. The molecule has 1 N–H and O–H groups in total. The Hall–Kier alpha value is -2.01. The molecular formula is C20H22BrNO3. The molecule has 0 saturated heterocycles. The third-order valence-electron chi connectivity index (χ3n) is 4.35. The molecule has 1 aliphatic rings. The summed E-state index contributed by atoms with van der Waals surface area (Å²) in [5.74, 6) is 1.39. The van der Waals surface area contributed by atoms with Crippen molar-refractivity contribution in [1.29, 1.82) is 0 Å². The lowest BCUT2D eigenvalue weighted by Crippen LogP contribution is -2.23. The van der Waals surface area contributed by atoms with Crippen molar-refractivity contribution in [2.45, 2.75) is 33.1 Å². The van der Waals surface area contributed by atoms with Gasteiger partial charge in [0.05, 0.1) is 13.2 Å². The molecule has 25 heavy (non-hydrogen) atoms. The van der Waals surface area contributed by atoms with Crippen LogP contribution >= 0.6 is 15.9 Å². The largest absolute Gasteiger partial charge is 0.490 e. The molecule has 0 aromatic heterocycles. The second-order valence-electron chi connectivity index (χ2n) is 6.07. The van der Waals surface area contributed by atoms with Crippen LogP contribution in [0.25, 0.3) is 0 Å². The van der Waals surface area contributed by atoms with Gasteiger partial charge in [0.1, 0.15) is 0 Å². The maximum atomic E-state index is 12.2.